The topological polar surface area (TPSA) is 142 Å². The number of nitrogens with zero attached hydrogens (tertiary/aromatic N) is 4. The SMILES string of the molecule is CC.N#Cc1ccc2nccc(C(=N)O/C(N)=N/C3N=C(c4ccccc4)c4ccccc4NO3)c2c1. The molecule has 4 N–H and O–H groups in total. The Morgan fingerprint density at radius 1 is 1.08 bits per heavy atom. The van der Waals surface area contributed by atoms with Gasteiger partial charge in [0.05, 0.1) is 28.5 Å². The third-order valence-corrected chi connectivity index (χ3v) is 5.30. The minimum Gasteiger partial charge on any atom is -0.407 e. The molecule has 0 bridgehead atoms. The van der Waals surface area contributed by atoms with Crippen LogP contribution in [0.15, 0.2) is 95.0 Å². The Morgan fingerprint density at radius 3 is 2.62 bits per heavy atom. The predicted octanol–water partition coefficient (Wildman–Crippen LogP) is 4.97. The summed E-state index contributed by atoms with van der Waals surface area (Å²) < 4.78 is 5.50. The molecular weight excluding hydrogens is 466 g/mol. The van der Waals surface area contributed by atoms with E-state index in [9.17, 15) is 5.26 Å². The molecule has 5 rings (SSSR count). The van der Waals surface area contributed by atoms with Gasteiger partial charge in [0.15, 0.2) is 0 Å². The van der Waals surface area contributed by atoms with Gasteiger partial charge in [0.2, 0.25) is 5.90 Å². The molecule has 1 aliphatic rings. The minimum absolute atomic E-state index is 0.245. The number of para-hydroxylation sites is 1. The Morgan fingerprint density at radius 2 is 1.84 bits per heavy atom. The van der Waals surface area contributed by atoms with Gasteiger partial charge >= 0.3 is 0 Å². The fourth-order valence-electron chi connectivity index (χ4n) is 3.69. The smallest absolute Gasteiger partial charge is 0.293 e. The van der Waals surface area contributed by atoms with Gasteiger partial charge in [-0.05, 0) is 30.3 Å². The van der Waals surface area contributed by atoms with Crippen LogP contribution in [0.25, 0.3) is 10.9 Å². The molecule has 1 aromatic heterocycles. The van der Waals surface area contributed by atoms with E-state index in [1.807, 2.05) is 68.4 Å². The molecule has 184 valence electrons. The van der Waals surface area contributed by atoms with Crippen molar-refractivity contribution in [2.45, 2.75) is 20.2 Å². The molecule has 1 aliphatic heterocycles. The molecular formula is C28H25N7O2. The number of hydrogen-bond donors (Lipinski definition) is 3. The van der Waals surface area contributed by atoms with Gasteiger partial charge in [0, 0.05) is 28.3 Å². The number of nitriles is 1. The number of pyridine rings is 1. The molecule has 0 fully saturated rings. The fraction of sp³-hybridized carbons (Fsp3) is 0.107. The van der Waals surface area contributed by atoms with Crippen molar-refractivity contribution in [3.63, 3.8) is 0 Å². The molecule has 0 amide bonds. The maximum atomic E-state index is 9.22. The van der Waals surface area contributed by atoms with Crippen LogP contribution in [0.1, 0.15) is 36.1 Å². The molecule has 0 saturated carbocycles. The van der Waals surface area contributed by atoms with Crippen LogP contribution in [0, 0.1) is 16.7 Å². The van der Waals surface area contributed by atoms with Crippen molar-refractivity contribution in [1.82, 2.24) is 4.98 Å². The van der Waals surface area contributed by atoms with E-state index in [2.05, 4.69) is 26.5 Å². The maximum absolute atomic E-state index is 9.22. The first kappa shape index (κ1) is 25.0. The first-order chi connectivity index (χ1) is 18.1. The summed E-state index contributed by atoms with van der Waals surface area (Å²) in [5, 5.41) is 18.2. The first-order valence-electron chi connectivity index (χ1n) is 11.7. The molecule has 0 saturated heterocycles. The number of nitrogens with two attached hydrogens (primary N) is 1. The normalized spacial score (nSPS) is 14.6. The lowest BCUT2D eigenvalue weighted by Crippen LogP contribution is -2.25. The Bertz CT molecular complexity index is 1520. The van der Waals surface area contributed by atoms with Crippen molar-refractivity contribution < 1.29 is 9.57 Å². The van der Waals surface area contributed by atoms with E-state index < -0.39 is 6.35 Å². The molecule has 3 aromatic carbocycles. The lowest BCUT2D eigenvalue weighted by molar-refractivity contribution is 0.115. The second-order valence-corrected chi connectivity index (χ2v) is 7.54. The monoisotopic (exact) mass is 491 g/mol. The third kappa shape index (κ3) is 5.61. The number of aliphatic imine (C=N–C) groups is 2. The van der Waals surface area contributed by atoms with Gasteiger partial charge in [0.1, 0.15) is 0 Å². The average Bonchev–Trinajstić information content (AvgIpc) is 3.13. The van der Waals surface area contributed by atoms with Crippen molar-refractivity contribution in [2.75, 3.05) is 5.48 Å². The summed E-state index contributed by atoms with van der Waals surface area (Å²) >= 11 is 0. The molecule has 9 nitrogen and oxygen atoms in total. The minimum atomic E-state index is -1.07. The highest BCUT2D eigenvalue weighted by atomic mass is 16.7. The van der Waals surface area contributed by atoms with Crippen LogP contribution in [-0.4, -0.2) is 29.0 Å². The molecule has 37 heavy (non-hydrogen) atoms. The highest BCUT2D eigenvalue weighted by Gasteiger charge is 2.20. The summed E-state index contributed by atoms with van der Waals surface area (Å²) in [5.74, 6) is -0.245. The van der Waals surface area contributed by atoms with Gasteiger partial charge < -0.3 is 10.5 Å². The third-order valence-electron chi connectivity index (χ3n) is 5.30. The van der Waals surface area contributed by atoms with Crippen molar-refractivity contribution in [1.29, 1.82) is 10.7 Å². The van der Waals surface area contributed by atoms with E-state index in [-0.39, 0.29) is 11.9 Å². The van der Waals surface area contributed by atoms with Crippen LogP contribution in [0.2, 0.25) is 0 Å². The molecule has 0 aliphatic carbocycles. The van der Waals surface area contributed by atoms with Crippen LogP contribution in [0.3, 0.4) is 0 Å². The number of nitrogens with one attached hydrogen (secondary N) is 2. The quantitative estimate of drug-likeness (QED) is 0.273. The highest BCUT2D eigenvalue weighted by molar-refractivity contribution is 6.16. The number of hydrogen-bond acceptors (Lipinski definition) is 8. The number of benzene rings is 3. The van der Waals surface area contributed by atoms with E-state index >= 15 is 0 Å². The number of rotatable bonds is 3. The summed E-state index contributed by atoms with van der Waals surface area (Å²) in [4.78, 5) is 18.8. The standard InChI is InChI=1S/C26H19N7O2.C2H6/c27-15-16-10-11-21-20(14-16)18(12-13-30-21)24(28)34-25(29)32-26-31-23(17-6-2-1-3-7-17)19-8-4-5-9-22(19)33-35-26;1-2/h1-14,26,28,33H,(H2,29,32);1-2H3. The Kier molecular flexibility index (Phi) is 7.83. The Balaban J connectivity index is 0.00000156. The zero-order chi connectivity index (χ0) is 26.2. The van der Waals surface area contributed by atoms with Gasteiger partial charge in [-0.15, -0.1) is 0 Å². The molecule has 0 spiro atoms. The van der Waals surface area contributed by atoms with Gasteiger partial charge in [-0.25, -0.2) is 9.83 Å². The molecule has 2 heterocycles. The predicted molar refractivity (Wildman–Crippen MR) is 144 cm³/mol. The van der Waals surface area contributed by atoms with Crippen molar-refractivity contribution >= 4 is 34.2 Å². The number of anilines is 1. The van der Waals surface area contributed by atoms with Crippen LogP contribution >= 0.6 is 0 Å². The second-order valence-electron chi connectivity index (χ2n) is 7.54. The number of fused-ring (bicyclic) bond motifs is 2. The van der Waals surface area contributed by atoms with Gasteiger partial charge in [0.25, 0.3) is 12.4 Å². The first-order valence-corrected chi connectivity index (χ1v) is 11.7. The fourth-order valence-corrected chi connectivity index (χ4v) is 3.69. The number of aromatic nitrogens is 1. The molecule has 9 heteroatoms. The van der Waals surface area contributed by atoms with Crippen molar-refractivity contribution in [3.8, 4) is 6.07 Å². The summed E-state index contributed by atoms with van der Waals surface area (Å²) in [6.07, 6.45) is 0.491. The zero-order valence-electron chi connectivity index (χ0n) is 20.3. The number of amidine groups is 1. The van der Waals surface area contributed by atoms with Crippen LogP contribution in [0.4, 0.5) is 5.69 Å². The van der Waals surface area contributed by atoms with E-state index in [1.165, 1.54) is 0 Å². The van der Waals surface area contributed by atoms with Crippen molar-refractivity contribution in [3.05, 3.63) is 107 Å². The Hall–Kier alpha value is -5.07. The van der Waals surface area contributed by atoms with Crippen LogP contribution in [-0.2, 0) is 9.57 Å². The van der Waals surface area contributed by atoms with Crippen LogP contribution in [0.5, 0.6) is 0 Å². The highest BCUT2D eigenvalue weighted by Crippen LogP contribution is 2.24. The van der Waals surface area contributed by atoms with Crippen LogP contribution < -0.4 is 11.2 Å². The van der Waals surface area contributed by atoms with Crippen molar-refractivity contribution in [2.24, 2.45) is 15.7 Å². The van der Waals surface area contributed by atoms with Gasteiger partial charge in [-0.3, -0.25) is 15.9 Å². The lowest BCUT2D eigenvalue weighted by Gasteiger charge is -2.11. The van der Waals surface area contributed by atoms with E-state index in [0.29, 0.717) is 27.7 Å². The maximum Gasteiger partial charge on any atom is 0.293 e. The van der Waals surface area contributed by atoms with Gasteiger partial charge in [-0.1, -0.05) is 62.4 Å². The largest absolute Gasteiger partial charge is 0.407 e. The molecule has 1 unspecified atom stereocenters. The second kappa shape index (κ2) is 11.6. The average molecular weight is 492 g/mol. The number of ether oxygens (including phenoxy) is 1. The summed E-state index contributed by atoms with van der Waals surface area (Å²) in [6.45, 7) is 4.00. The summed E-state index contributed by atoms with van der Waals surface area (Å²) in [5.41, 5.74) is 13.5. The van der Waals surface area contributed by atoms with E-state index in [0.717, 1.165) is 16.8 Å². The molecule has 0 radical (unpaired) electrons. The lowest BCUT2D eigenvalue weighted by atomic mass is 10.0. The van der Waals surface area contributed by atoms with E-state index in [4.69, 9.17) is 20.7 Å². The summed E-state index contributed by atoms with van der Waals surface area (Å²) in [7, 11) is 0. The van der Waals surface area contributed by atoms with E-state index in [1.54, 1.807) is 30.5 Å². The summed E-state index contributed by atoms with van der Waals surface area (Å²) in [6, 6.07) is 25.7. The Labute approximate surface area is 214 Å². The zero-order valence-corrected chi connectivity index (χ0v) is 20.3. The molecule has 1 atom stereocenters. The molecule has 4 aromatic rings. The van der Waals surface area contributed by atoms with Gasteiger partial charge in [-0.2, -0.15) is 10.3 Å².